The van der Waals surface area contributed by atoms with Gasteiger partial charge in [0, 0.05) is 0 Å². The van der Waals surface area contributed by atoms with Crippen molar-refractivity contribution in [2.45, 2.75) is 53.9 Å². The van der Waals surface area contributed by atoms with E-state index in [9.17, 15) is 0 Å². The van der Waals surface area contributed by atoms with Crippen LogP contribution >= 0.6 is 12.6 Å². The molecule has 0 heterocycles. The molecule has 0 amide bonds. The summed E-state index contributed by atoms with van der Waals surface area (Å²) in [5, 5.41) is 0. The van der Waals surface area contributed by atoms with Gasteiger partial charge in [-0.05, 0) is 47.7 Å². The molecule has 1 aliphatic carbocycles. The van der Waals surface area contributed by atoms with Gasteiger partial charge in [-0.1, -0.05) is 41.0 Å². The van der Waals surface area contributed by atoms with Crippen LogP contribution in [0.5, 0.6) is 0 Å². The van der Waals surface area contributed by atoms with Crippen LogP contribution in [-0.4, -0.2) is 5.75 Å². The van der Waals surface area contributed by atoms with Crippen molar-refractivity contribution in [3.63, 3.8) is 0 Å². The minimum atomic E-state index is 0.424. The smallest absolute Gasteiger partial charge is 0.00437 e. The highest BCUT2D eigenvalue weighted by molar-refractivity contribution is 7.80. The van der Waals surface area contributed by atoms with Crippen LogP contribution < -0.4 is 0 Å². The van der Waals surface area contributed by atoms with Gasteiger partial charge in [0.1, 0.15) is 0 Å². The molecule has 1 aliphatic rings. The monoisotopic (exact) mass is 228 g/mol. The standard InChI is InChI=1S/C14H28S/c1-10(2)11(3)12-7-6-8-13(12)14(4,5)9-15/h10-13,15H,6-9H2,1-5H3. The lowest BCUT2D eigenvalue weighted by molar-refractivity contribution is 0.127. The summed E-state index contributed by atoms with van der Waals surface area (Å²) in [6.07, 6.45) is 4.31. The second kappa shape index (κ2) is 5.12. The van der Waals surface area contributed by atoms with E-state index in [-0.39, 0.29) is 0 Å². The van der Waals surface area contributed by atoms with Crippen LogP contribution in [0.1, 0.15) is 53.9 Å². The normalized spacial score (nSPS) is 29.8. The molecule has 0 N–H and O–H groups in total. The number of hydrogen-bond acceptors (Lipinski definition) is 1. The Kier molecular flexibility index (Phi) is 4.58. The Bertz CT molecular complexity index is 196. The van der Waals surface area contributed by atoms with Gasteiger partial charge in [0.2, 0.25) is 0 Å². The van der Waals surface area contributed by atoms with E-state index in [1.165, 1.54) is 19.3 Å². The molecule has 90 valence electrons. The molecule has 0 aromatic carbocycles. The molecule has 0 bridgehead atoms. The van der Waals surface area contributed by atoms with Crippen molar-refractivity contribution in [3.8, 4) is 0 Å². The number of hydrogen-bond donors (Lipinski definition) is 1. The van der Waals surface area contributed by atoms with E-state index in [1.807, 2.05) is 0 Å². The molecule has 0 aliphatic heterocycles. The molecule has 0 radical (unpaired) electrons. The fourth-order valence-corrected chi connectivity index (χ4v) is 3.43. The van der Waals surface area contributed by atoms with Crippen molar-refractivity contribution in [2.75, 3.05) is 5.75 Å². The van der Waals surface area contributed by atoms with Crippen LogP contribution in [0.2, 0.25) is 0 Å². The lowest BCUT2D eigenvalue weighted by Gasteiger charge is -2.38. The van der Waals surface area contributed by atoms with Gasteiger partial charge in [-0.2, -0.15) is 12.6 Å². The highest BCUT2D eigenvalue weighted by Crippen LogP contribution is 2.48. The van der Waals surface area contributed by atoms with Crippen LogP contribution in [-0.2, 0) is 0 Å². The molecule has 3 unspecified atom stereocenters. The quantitative estimate of drug-likeness (QED) is 0.665. The maximum absolute atomic E-state index is 4.54. The summed E-state index contributed by atoms with van der Waals surface area (Å²) >= 11 is 4.54. The number of rotatable bonds is 4. The van der Waals surface area contributed by atoms with Crippen molar-refractivity contribution < 1.29 is 0 Å². The highest BCUT2D eigenvalue weighted by Gasteiger charge is 2.40. The zero-order valence-electron chi connectivity index (χ0n) is 11.1. The average molecular weight is 228 g/mol. The highest BCUT2D eigenvalue weighted by atomic mass is 32.1. The van der Waals surface area contributed by atoms with E-state index in [0.29, 0.717) is 5.41 Å². The molecular weight excluding hydrogens is 200 g/mol. The van der Waals surface area contributed by atoms with E-state index < -0.39 is 0 Å². The summed E-state index contributed by atoms with van der Waals surface area (Å²) in [7, 11) is 0. The van der Waals surface area contributed by atoms with Gasteiger partial charge in [0.15, 0.2) is 0 Å². The van der Waals surface area contributed by atoms with Gasteiger partial charge in [-0.15, -0.1) is 0 Å². The summed E-state index contributed by atoms with van der Waals surface area (Å²) in [6.45, 7) is 12.0. The molecule has 0 aromatic heterocycles. The Labute approximate surface area is 102 Å². The largest absolute Gasteiger partial charge is 0.179 e. The lowest BCUT2D eigenvalue weighted by Crippen LogP contribution is -2.33. The van der Waals surface area contributed by atoms with Gasteiger partial charge in [-0.25, -0.2) is 0 Å². The predicted octanol–water partition coefficient (Wildman–Crippen LogP) is 4.65. The fraction of sp³-hybridized carbons (Fsp3) is 1.00. The minimum Gasteiger partial charge on any atom is -0.179 e. The molecule has 0 spiro atoms. The summed E-state index contributed by atoms with van der Waals surface area (Å²) in [5.74, 6) is 4.56. The second-order valence-electron chi connectivity index (χ2n) is 6.45. The molecule has 0 nitrogen and oxygen atoms in total. The van der Waals surface area contributed by atoms with Crippen LogP contribution in [0.15, 0.2) is 0 Å². The van der Waals surface area contributed by atoms with Crippen LogP contribution in [0.3, 0.4) is 0 Å². The molecule has 1 saturated carbocycles. The lowest BCUT2D eigenvalue weighted by atomic mass is 9.68. The molecule has 1 fully saturated rings. The van der Waals surface area contributed by atoms with Crippen molar-refractivity contribution >= 4 is 12.6 Å². The molecule has 0 saturated heterocycles. The Morgan fingerprint density at radius 1 is 1.20 bits per heavy atom. The van der Waals surface area contributed by atoms with Crippen molar-refractivity contribution in [2.24, 2.45) is 29.1 Å². The van der Waals surface area contributed by atoms with Crippen LogP contribution in [0.25, 0.3) is 0 Å². The third-order valence-corrected chi connectivity index (χ3v) is 5.52. The van der Waals surface area contributed by atoms with Gasteiger partial charge in [0.05, 0.1) is 0 Å². The van der Waals surface area contributed by atoms with Crippen LogP contribution in [0.4, 0.5) is 0 Å². The van der Waals surface area contributed by atoms with Crippen molar-refractivity contribution in [3.05, 3.63) is 0 Å². The van der Waals surface area contributed by atoms with Crippen molar-refractivity contribution in [1.82, 2.24) is 0 Å². The maximum atomic E-state index is 4.54. The fourth-order valence-electron chi connectivity index (χ4n) is 3.20. The summed E-state index contributed by atoms with van der Waals surface area (Å²) in [5.41, 5.74) is 0.424. The van der Waals surface area contributed by atoms with E-state index in [2.05, 4.69) is 47.2 Å². The summed E-state index contributed by atoms with van der Waals surface area (Å²) in [4.78, 5) is 0. The summed E-state index contributed by atoms with van der Waals surface area (Å²) in [6, 6.07) is 0. The zero-order valence-corrected chi connectivity index (χ0v) is 12.0. The van der Waals surface area contributed by atoms with E-state index in [0.717, 1.165) is 29.4 Å². The third kappa shape index (κ3) is 2.93. The van der Waals surface area contributed by atoms with E-state index in [4.69, 9.17) is 0 Å². The minimum absolute atomic E-state index is 0.424. The third-order valence-electron chi connectivity index (χ3n) is 4.71. The molecule has 1 heteroatoms. The summed E-state index contributed by atoms with van der Waals surface area (Å²) < 4.78 is 0. The second-order valence-corrected chi connectivity index (χ2v) is 6.77. The first-order valence-electron chi connectivity index (χ1n) is 6.51. The zero-order chi connectivity index (χ0) is 11.6. The van der Waals surface area contributed by atoms with E-state index in [1.54, 1.807) is 0 Å². The van der Waals surface area contributed by atoms with Gasteiger partial charge in [-0.3, -0.25) is 0 Å². The number of thiol groups is 1. The average Bonchev–Trinajstić information content (AvgIpc) is 2.65. The first-order valence-corrected chi connectivity index (χ1v) is 7.14. The molecule has 15 heavy (non-hydrogen) atoms. The van der Waals surface area contributed by atoms with Gasteiger partial charge >= 0.3 is 0 Å². The Morgan fingerprint density at radius 2 is 1.80 bits per heavy atom. The Hall–Kier alpha value is 0.350. The Balaban J connectivity index is 2.73. The topological polar surface area (TPSA) is 0 Å². The van der Waals surface area contributed by atoms with E-state index >= 15 is 0 Å². The molecule has 3 atom stereocenters. The maximum Gasteiger partial charge on any atom is -0.00437 e. The van der Waals surface area contributed by atoms with Crippen LogP contribution in [0, 0.1) is 29.1 Å². The molecule has 1 rings (SSSR count). The molecular formula is C14H28S. The predicted molar refractivity (Wildman–Crippen MR) is 72.5 cm³/mol. The molecule has 0 aromatic rings. The first-order chi connectivity index (χ1) is 6.90. The SMILES string of the molecule is CC(C)C(C)C1CCCC1C(C)(C)CS. The first kappa shape index (κ1) is 13.4. The Morgan fingerprint density at radius 3 is 2.27 bits per heavy atom. The van der Waals surface area contributed by atoms with Crippen molar-refractivity contribution in [1.29, 1.82) is 0 Å². The van der Waals surface area contributed by atoms with Gasteiger partial charge < -0.3 is 0 Å². The van der Waals surface area contributed by atoms with Gasteiger partial charge in [0.25, 0.3) is 0 Å².